The number of aryl methyl sites for hydroxylation is 1. The van der Waals surface area contributed by atoms with Crippen molar-refractivity contribution in [1.29, 1.82) is 0 Å². The third kappa shape index (κ3) is 2.65. The number of anilines is 1. The number of hydrogen-bond acceptors (Lipinski definition) is 3. The van der Waals surface area contributed by atoms with Crippen LogP contribution < -0.4 is 5.32 Å². The van der Waals surface area contributed by atoms with Gasteiger partial charge in [0.25, 0.3) is 5.91 Å². The van der Waals surface area contributed by atoms with Crippen LogP contribution in [0, 0.1) is 0 Å². The summed E-state index contributed by atoms with van der Waals surface area (Å²) in [5, 5.41) is 3.79. The van der Waals surface area contributed by atoms with Crippen molar-refractivity contribution in [3.05, 3.63) is 71.9 Å². The topological polar surface area (TPSA) is 50.4 Å². The lowest BCUT2D eigenvalue weighted by atomic mass is 9.82. The zero-order valence-corrected chi connectivity index (χ0v) is 16.1. The van der Waals surface area contributed by atoms with Crippen molar-refractivity contribution in [2.45, 2.75) is 38.1 Å². The molecule has 1 aromatic carbocycles. The fraction of sp³-hybridized carbons (Fsp3) is 0.348. The highest BCUT2D eigenvalue weighted by Gasteiger charge is 2.42. The predicted molar refractivity (Wildman–Crippen MR) is 109 cm³/mol. The Labute approximate surface area is 165 Å². The maximum absolute atomic E-state index is 12.9. The summed E-state index contributed by atoms with van der Waals surface area (Å²) in [7, 11) is 0. The second-order valence-corrected chi connectivity index (χ2v) is 7.80. The van der Waals surface area contributed by atoms with E-state index in [0.717, 1.165) is 37.1 Å². The molecule has 4 heterocycles. The van der Waals surface area contributed by atoms with Gasteiger partial charge in [0, 0.05) is 31.4 Å². The van der Waals surface area contributed by atoms with Crippen LogP contribution in [-0.4, -0.2) is 28.5 Å². The van der Waals surface area contributed by atoms with E-state index >= 15 is 0 Å². The van der Waals surface area contributed by atoms with Gasteiger partial charge in [-0.2, -0.15) is 0 Å². The van der Waals surface area contributed by atoms with Crippen LogP contribution in [0.15, 0.2) is 59.1 Å². The molecule has 2 aliphatic rings. The van der Waals surface area contributed by atoms with Gasteiger partial charge in [-0.25, -0.2) is 0 Å². The maximum Gasteiger partial charge on any atom is 0.289 e. The number of carbonyl (C=O) groups excluding carboxylic acids is 1. The molecule has 0 unspecified atom stereocenters. The molecule has 1 amide bonds. The maximum atomic E-state index is 12.9. The lowest BCUT2D eigenvalue weighted by Crippen LogP contribution is -2.51. The molecule has 28 heavy (non-hydrogen) atoms. The molecule has 0 saturated carbocycles. The summed E-state index contributed by atoms with van der Waals surface area (Å²) in [6.45, 7) is 3.53. The molecule has 5 nitrogen and oxygen atoms in total. The number of amides is 1. The fourth-order valence-electron chi connectivity index (χ4n) is 4.59. The number of piperidine rings is 1. The van der Waals surface area contributed by atoms with E-state index in [0.29, 0.717) is 18.8 Å². The summed E-state index contributed by atoms with van der Waals surface area (Å²) in [5.74, 6) is 1.36. The summed E-state index contributed by atoms with van der Waals surface area (Å²) in [4.78, 5) is 14.8. The summed E-state index contributed by atoms with van der Waals surface area (Å²) < 4.78 is 8.04. The highest BCUT2D eigenvalue weighted by molar-refractivity contribution is 5.91. The smallest absolute Gasteiger partial charge is 0.289 e. The molecule has 0 atom stereocenters. The van der Waals surface area contributed by atoms with E-state index in [2.05, 4.69) is 59.4 Å². The van der Waals surface area contributed by atoms with E-state index in [4.69, 9.17) is 4.42 Å². The van der Waals surface area contributed by atoms with Crippen molar-refractivity contribution in [2.75, 3.05) is 18.4 Å². The number of benzene rings is 1. The van der Waals surface area contributed by atoms with Gasteiger partial charge in [-0.1, -0.05) is 19.1 Å². The van der Waals surface area contributed by atoms with Crippen molar-refractivity contribution < 1.29 is 9.21 Å². The number of para-hydroxylation sites is 2. The Bertz CT molecular complexity index is 1010. The van der Waals surface area contributed by atoms with E-state index in [1.54, 1.807) is 0 Å². The second-order valence-electron chi connectivity index (χ2n) is 7.80. The van der Waals surface area contributed by atoms with Crippen LogP contribution in [0.5, 0.6) is 0 Å². The minimum atomic E-state index is -0.134. The molecule has 1 saturated heterocycles. The summed E-state index contributed by atoms with van der Waals surface area (Å²) in [6.07, 6.45) is 5.77. The van der Waals surface area contributed by atoms with Crippen LogP contribution in [0.2, 0.25) is 0 Å². The summed E-state index contributed by atoms with van der Waals surface area (Å²) >= 11 is 0. The van der Waals surface area contributed by atoms with Crippen LogP contribution >= 0.6 is 0 Å². The molecule has 0 aliphatic carbocycles. The van der Waals surface area contributed by atoms with Gasteiger partial charge in [-0.05, 0) is 55.7 Å². The molecular weight excluding hydrogens is 350 g/mol. The third-order valence-electron chi connectivity index (χ3n) is 6.05. The van der Waals surface area contributed by atoms with Crippen LogP contribution in [0.4, 0.5) is 5.69 Å². The Morgan fingerprint density at radius 1 is 1.11 bits per heavy atom. The molecule has 3 aromatic rings. The van der Waals surface area contributed by atoms with Crippen molar-refractivity contribution in [2.24, 2.45) is 0 Å². The number of hydrogen-bond donors (Lipinski definition) is 1. The number of fused-ring (bicyclic) bond motifs is 4. The number of nitrogens with zero attached hydrogens (tertiary/aromatic N) is 2. The second kappa shape index (κ2) is 6.59. The van der Waals surface area contributed by atoms with Crippen LogP contribution in [-0.2, 0) is 12.0 Å². The van der Waals surface area contributed by atoms with Gasteiger partial charge in [0.1, 0.15) is 5.76 Å². The molecular formula is C23H25N3O2. The molecule has 2 aromatic heterocycles. The van der Waals surface area contributed by atoms with Gasteiger partial charge in [0.15, 0.2) is 5.76 Å². The van der Waals surface area contributed by atoms with E-state index in [-0.39, 0.29) is 11.4 Å². The Morgan fingerprint density at radius 3 is 2.75 bits per heavy atom. The summed E-state index contributed by atoms with van der Waals surface area (Å²) in [6, 6.07) is 16.5. The number of likely N-dealkylation sites (tertiary alicyclic amines) is 1. The highest BCUT2D eigenvalue weighted by atomic mass is 16.4. The summed E-state index contributed by atoms with van der Waals surface area (Å²) in [5.41, 5.74) is 3.49. The van der Waals surface area contributed by atoms with Gasteiger partial charge in [-0.3, -0.25) is 4.79 Å². The van der Waals surface area contributed by atoms with E-state index in [9.17, 15) is 4.79 Å². The average Bonchev–Trinajstić information content (AvgIpc) is 3.39. The fourth-order valence-corrected chi connectivity index (χ4v) is 4.59. The molecule has 2 aliphatic heterocycles. The zero-order chi connectivity index (χ0) is 19.1. The molecule has 144 valence electrons. The lowest BCUT2D eigenvalue weighted by Gasteiger charge is -2.46. The first-order valence-corrected chi connectivity index (χ1v) is 10.1. The van der Waals surface area contributed by atoms with E-state index in [1.807, 2.05) is 17.0 Å². The highest BCUT2D eigenvalue weighted by Crippen LogP contribution is 2.43. The molecule has 1 N–H and O–H groups in total. The van der Waals surface area contributed by atoms with Crippen LogP contribution in [0.3, 0.4) is 0 Å². The first kappa shape index (κ1) is 17.2. The van der Waals surface area contributed by atoms with E-state index in [1.165, 1.54) is 11.4 Å². The Balaban J connectivity index is 1.36. The van der Waals surface area contributed by atoms with Crippen molar-refractivity contribution in [1.82, 2.24) is 9.47 Å². The van der Waals surface area contributed by atoms with Gasteiger partial charge in [0.2, 0.25) is 0 Å². The van der Waals surface area contributed by atoms with E-state index < -0.39 is 0 Å². The average molecular weight is 375 g/mol. The minimum absolute atomic E-state index is 0.00351. The molecule has 0 radical (unpaired) electrons. The molecule has 1 spiro atoms. The zero-order valence-electron chi connectivity index (χ0n) is 16.1. The standard InChI is InChI=1S/C23H25N3O2/c1-2-6-17-10-11-20(28-17)22(27)25-15-12-23(13-16-25)21-9-5-14-26(21)19-8-4-3-7-18(19)24-23/h3-5,7-11,14,24H,2,6,12-13,15-16H2,1H3. The Hall–Kier alpha value is -2.95. The molecule has 0 bridgehead atoms. The van der Waals surface area contributed by atoms with Gasteiger partial charge < -0.3 is 19.2 Å². The monoisotopic (exact) mass is 375 g/mol. The minimum Gasteiger partial charge on any atom is -0.456 e. The predicted octanol–water partition coefficient (Wildman–Crippen LogP) is 4.58. The molecule has 5 heteroatoms. The number of carbonyl (C=O) groups is 1. The molecule has 1 fully saturated rings. The van der Waals surface area contributed by atoms with Crippen LogP contribution in [0.1, 0.15) is 48.2 Å². The normalized spacial score (nSPS) is 17.1. The number of rotatable bonds is 3. The quantitative estimate of drug-likeness (QED) is 0.729. The van der Waals surface area contributed by atoms with Gasteiger partial charge >= 0.3 is 0 Å². The first-order valence-electron chi connectivity index (χ1n) is 10.1. The van der Waals surface area contributed by atoms with Crippen molar-refractivity contribution in [3.8, 4) is 5.69 Å². The molecule has 5 rings (SSSR count). The number of aromatic nitrogens is 1. The van der Waals surface area contributed by atoms with Crippen molar-refractivity contribution >= 4 is 11.6 Å². The lowest BCUT2D eigenvalue weighted by molar-refractivity contribution is 0.0642. The Morgan fingerprint density at radius 2 is 1.93 bits per heavy atom. The largest absolute Gasteiger partial charge is 0.456 e. The number of furan rings is 1. The Kier molecular flexibility index (Phi) is 4.04. The number of nitrogens with one attached hydrogen (secondary N) is 1. The van der Waals surface area contributed by atoms with Crippen molar-refractivity contribution in [3.63, 3.8) is 0 Å². The third-order valence-corrected chi connectivity index (χ3v) is 6.05. The first-order chi connectivity index (χ1) is 13.7. The van der Waals surface area contributed by atoms with Gasteiger partial charge in [-0.15, -0.1) is 0 Å². The van der Waals surface area contributed by atoms with Gasteiger partial charge in [0.05, 0.1) is 16.9 Å². The van der Waals surface area contributed by atoms with Crippen LogP contribution in [0.25, 0.3) is 5.69 Å². The SMILES string of the molecule is CCCc1ccc(C(=O)N2CCC3(CC2)Nc2ccccc2-n2cccc23)o1.